The summed E-state index contributed by atoms with van der Waals surface area (Å²) in [4.78, 5) is 12.3. The molecule has 1 aromatic rings. The number of carbonyl (C=O) groups is 1. The molecule has 0 saturated heterocycles. The first-order valence-corrected chi connectivity index (χ1v) is 8.92. The molecule has 4 aliphatic rings. The van der Waals surface area contributed by atoms with Crippen molar-refractivity contribution in [3.63, 3.8) is 0 Å². The molecule has 4 fully saturated rings. The smallest absolute Gasteiger partial charge is 0.319 e. The van der Waals surface area contributed by atoms with Crippen LogP contribution in [0.2, 0.25) is 0 Å². The minimum absolute atomic E-state index is 0.0460. The maximum Gasteiger partial charge on any atom is 0.319 e. The van der Waals surface area contributed by atoms with E-state index in [0.717, 1.165) is 23.3 Å². The summed E-state index contributed by atoms with van der Waals surface area (Å²) >= 11 is 0. The van der Waals surface area contributed by atoms with Crippen LogP contribution in [0.25, 0.3) is 6.08 Å². The zero-order valence-corrected chi connectivity index (χ0v) is 13.8. The van der Waals surface area contributed by atoms with Crippen molar-refractivity contribution in [2.45, 2.75) is 51.0 Å². The van der Waals surface area contributed by atoms with Crippen LogP contribution in [0.3, 0.4) is 0 Å². The quantitative estimate of drug-likeness (QED) is 0.861. The number of nitrogens with one attached hydrogen (secondary N) is 2. The van der Waals surface area contributed by atoms with Crippen LogP contribution < -0.4 is 10.6 Å². The molecular formula is C20H26N2O. The Kier molecular flexibility index (Phi) is 3.67. The molecule has 0 spiro atoms. The van der Waals surface area contributed by atoms with Gasteiger partial charge in [-0.2, -0.15) is 0 Å². The van der Waals surface area contributed by atoms with E-state index in [9.17, 15) is 4.79 Å². The van der Waals surface area contributed by atoms with E-state index >= 15 is 0 Å². The van der Waals surface area contributed by atoms with Crippen molar-refractivity contribution in [2.24, 2.45) is 17.8 Å². The number of hydrogen-bond donors (Lipinski definition) is 2. The highest BCUT2D eigenvalue weighted by Gasteiger charge is 2.51. The van der Waals surface area contributed by atoms with Crippen LogP contribution in [-0.4, -0.2) is 11.6 Å². The van der Waals surface area contributed by atoms with E-state index in [2.05, 4.69) is 41.8 Å². The lowest BCUT2D eigenvalue weighted by Crippen LogP contribution is -2.61. The molecule has 0 radical (unpaired) electrons. The predicted molar refractivity (Wildman–Crippen MR) is 92.8 cm³/mol. The van der Waals surface area contributed by atoms with Crippen LogP contribution in [0.1, 0.15) is 49.7 Å². The number of amides is 2. The largest absolute Gasteiger partial charge is 0.332 e. The Morgan fingerprint density at radius 3 is 2.17 bits per heavy atom. The average molecular weight is 310 g/mol. The summed E-state index contributed by atoms with van der Waals surface area (Å²) in [5.74, 6) is 2.55. The van der Waals surface area contributed by atoms with Gasteiger partial charge in [0.2, 0.25) is 0 Å². The molecule has 0 aromatic heterocycles. The van der Waals surface area contributed by atoms with Crippen LogP contribution in [0.15, 0.2) is 30.5 Å². The Bertz CT molecular complexity index is 582. The second-order valence-corrected chi connectivity index (χ2v) is 8.04. The molecule has 122 valence electrons. The fourth-order valence-electron chi connectivity index (χ4n) is 5.43. The molecule has 2 N–H and O–H groups in total. The minimum atomic E-state index is -0.0460. The van der Waals surface area contributed by atoms with Crippen molar-refractivity contribution in [3.05, 3.63) is 41.6 Å². The maximum absolute atomic E-state index is 12.3. The van der Waals surface area contributed by atoms with Crippen LogP contribution in [0.4, 0.5) is 4.79 Å². The lowest BCUT2D eigenvalue weighted by atomic mass is 9.53. The van der Waals surface area contributed by atoms with E-state index in [4.69, 9.17) is 0 Å². The summed E-state index contributed by atoms with van der Waals surface area (Å²) in [6.07, 6.45) is 11.5. The van der Waals surface area contributed by atoms with Crippen molar-refractivity contribution >= 4 is 12.1 Å². The zero-order valence-electron chi connectivity index (χ0n) is 13.8. The van der Waals surface area contributed by atoms with E-state index in [1.165, 1.54) is 44.1 Å². The van der Waals surface area contributed by atoms with E-state index in [1.807, 2.05) is 6.08 Å². The number of urea groups is 1. The summed E-state index contributed by atoms with van der Waals surface area (Å²) in [6, 6.07) is 8.23. The molecule has 3 nitrogen and oxygen atoms in total. The van der Waals surface area contributed by atoms with E-state index in [0.29, 0.717) is 0 Å². The van der Waals surface area contributed by atoms with Crippen LogP contribution in [0.5, 0.6) is 0 Å². The SMILES string of the molecule is Cc1ccc(/C=C/NC(=O)NC23CC4CC(CC(C4)C2)C3)cc1. The van der Waals surface area contributed by atoms with Gasteiger partial charge in [-0.1, -0.05) is 29.8 Å². The van der Waals surface area contributed by atoms with Gasteiger partial charge in [-0.3, -0.25) is 0 Å². The molecule has 0 unspecified atom stereocenters. The topological polar surface area (TPSA) is 41.1 Å². The normalized spacial score (nSPS) is 34.7. The first-order valence-electron chi connectivity index (χ1n) is 8.92. The second kappa shape index (κ2) is 5.70. The van der Waals surface area contributed by atoms with Gasteiger partial charge in [0.15, 0.2) is 0 Å². The highest BCUT2D eigenvalue weighted by molar-refractivity contribution is 5.76. The molecule has 0 aliphatic heterocycles. The molecule has 0 atom stereocenters. The highest BCUT2D eigenvalue weighted by atomic mass is 16.2. The Morgan fingerprint density at radius 1 is 1.04 bits per heavy atom. The van der Waals surface area contributed by atoms with Gasteiger partial charge in [-0.05, 0) is 74.8 Å². The lowest BCUT2D eigenvalue weighted by molar-refractivity contribution is -0.0133. The minimum Gasteiger partial charge on any atom is -0.332 e. The zero-order chi connectivity index (χ0) is 15.9. The third kappa shape index (κ3) is 3.15. The highest BCUT2D eigenvalue weighted by Crippen LogP contribution is 2.55. The summed E-state index contributed by atoms with van der Waals surface area (Å²) in [5, 5.41) is 6.21. The van der Waals surface area contributed by atoms with Gasteiger partial charge >= 0.3 is 6.03 Å². The molecule has 4 saturated carbocycles. The molecule has 23 heavy (non-hydrogen) atoms. The van der Waals surface area contributed by atoms with Crippen molar-refractivity contribution in [1.82, 2.24) is 10.6 Å². The fraction of sp³-hybridized carbons (Fsp3) is 0.550. The van der Waals surface area contributed by atoms with Crippen molar-refractivity contribution in [2.75, 3.05) is 0 Å². The number of aryl methyl sites for hydroxylation is 1. The number of benzene rings is 1. The van der Waals surface area contributed by atoms with Crippen LogP contribution in [-0.2, 0) is 0 Å². The van der Waals surface area contributed by atoms with Gasteiger partial charge in [0.25, 0.3) is 0 Å². The van der Waals surface area contributed by atoms with Crippen molar-refractivity contribution < 1.29 is 4.79 Å². The maximum atomic E-state index is 12.3. The third-order valence-corrected chi connectivity index (χ3v) is 5.98. The summed E-state index contributed by atoms with van der Waals surface area (Å²) in [6.45, 7) is 2.07. The van der Waals surface area contributed by atoms with E-state index in [1.54, 1.807) is 6.20 Å². The van der Waals surface area contributed by atoms with Gasteiger partial charge < -0.3 is 10.6 Å². The summed E-state index contributed by atoms with van der Waals surface area (Å²) in [7, 11) is 0. The number of hydrogen-bond acceptors (Lipinski definition) is 1. The van der Waals surface area contributed by atoms with Crippen LogP contribution in [0, 0.1) is 24.7 Å². The summed E-state index contributed by atoms with van der Waals surface area (Å²) in [5.41, 5.74) is 2.43. The van der Waals surface area contributed by atoms with Crippen LogP contribution >= 0.6 is 0 Å². The van der Waals surface area contributed by atoms with E-state index in [-0.39, 0.29) is 11.6 Å². The monoisotopic (exact) mass is 310 g/mol. The number of rotatable bonds is 3. The Hall–Kier alpha value is -1.77. The van der Waals surface area contributed by atoms with Crippen molar-refractivity contribution in [3.8, 4) is 0 Å². The average Bonchev–Trinajstić information content (AvgIpc) is 2.47. The van der Waals surface area contributed by atoms with Gasteiger partial charge in [-0.15, -0.1) is 0 Å². The molecule has 4 bridgehead atoms. The molecule has 3 heteroatoms. The molecule has 1 aromatic carbocycles. The third-order valence-electron chi connectivity index (χ3n) is 5.98. The van der Waals surface area contributed by atoms with Gasteiger partial charge in [-0.25, -0.2) is 4.79 Å². The Morgan fingerprint density at radius 2 is 1.61 bits per heavy atom. The molecule has 5 rings (SSSR count). The van der Waals surface area contributed by atoms with E-state index < -0.39 is 0 Å². The first-order chi connectivity index (χ1) is 11.1. The second-order valence-electron chi connectivity index (χ2n) is 8.04. The standard InChI is InChI=1S/C20H26N2O/c1-14-2-4-15(5-3-14)6-7-21-19(23)22-20-11-16-8-17(12-20)10-18(9-16)13-20/h2-7,16-18H,8-13H2,1H3,(H2,21,22,23)/b7-6+. The van der Waals surface area contributed by atoms with Crippen molar-refractivity contribution in [1.29, 1.82) is 0 Å². The van der Waals surface area contributed by atoms with Gasteiger partial charge in [0, 0.05) is 11.7 Å². The fourth-order valence-corrected chi connectivity index (χ4v) is 5.43. The Balaban J connectivity index is 1.34. The molecule has 4 aliphatic carbocycles. The first kappa shape index (κ1) is 14.8. The lowest BCUT2D eigenvalue weighted by Gasteiger charge is -2.56. The number of carbonyl (C=O) groups excluding carboxylic acids is 1. The molecule has 0 heterocycles. The molecular weight excluding hydrogens is 284 g/mol. The predicted octanol–water partition coefficient (Wildman–Crippen LogP) is 4.23. The van der Waals surface area contributed by atoms with Gasteiger partial charge in [0.1, 0.15) is 0 Å². The molecule has 2 amide bonds. The van der Waals surface area contributed by atoms with Gasteiger partial charge in [0.05, 0.1) is 0 Å². The Labute approximate surface area is 138 Å². The summed E-state index contributed by atoms with van der Waals surface area (Å²) < 4.78 is 0.